The van der Waals surface area contributed by atoms with Gasteiger partial charge in [0, 0.05) is 37.8 Å². The molecule has 6 heteroatoms. The second-order valence-electron chi connectivity index (χ2n) is 7.06. The smallest absolute Gasteiger partial charge is 0.194 e. The first-order valence-electron chi connectivity index (χ1n) is 9.94. The van der Waals surface area contributed by atoms with Gasteiger partial charge in [-0.25, -0.2) is 4.99 Å². The van der Waals surface area contributed by atoms with Gasteiger partial charge in [-0.15, -0.1) is 0 Å². The van der Waals surface area contributed by atoms with Gasteiger partial charge in [-0.05, 0) is 37.5 Å². The fourth-order valence-corrected chi connectivity index (χ4v) is 3.87. The Kier molecular flexibility index (Phi) is 5.84. The second kappa shape index (κ2) is 8.67. The van der Waals surface area contributed by atoms with Crippen molar-refractivity contribution >= 4 is 16.9 Å². The fourth-order valence-electron chi connectivity index (χ4n) is 3.87. The Bertz CT molecular complexity index is 783. The predicted octanol–water partition coefficient (Wildman–Crippen LogP) is 2.58. The first-order chi connectivity index (χ1) is 13.3. The summed E-state index contributed by atoms with van der Waals surface area (Å²) in [5, 5.41) is 4.61. The molecule has 2 aliphatic heterocycles. The number of hydrogen-bond donors (Lipinski definition) is 1. The summed E-state index contributed by atoms with van der Waals surface area (Å²) in [6.07, 6.45) is 4.44. The topological polar surface area (TPSA) is 59.0 Å². The Morgan fingerprint density at radius 2 is 2.11 bits per heavy atom. The minimum absolute atomic E-state index is 0.131. The van der Waals surface area contributed by atoms with Crippen LogP contribution in [0.5, 0.6) is 0 Å². The van der Waals surface area contributed by atoms with Crippen LogP contribution in [0.4, 0.5) is 0 Å². The molecule has 1 aromatic heterocycles. The van der Waals surface area contributed by atoms with Gasteiger partial charge in [0.25, 0.3) is 0 Å². The summed E-state index contributed by atoms with van der Waals surface area (Å²) in [6, 6.07) is 10.3. The highest BCUT2D eigenvalue weighted by Gasteiger charge is 2.32. The molecule has 2 fully saturated rings. The molecule has 144 valence electrons. The molecular weight excluding hydrogens is 340 g/mol. The number of ether oxygens (including phenoxy) is 2. The molecule has 2 unspecified atom stereocenters. The van der Waals surface area contributed by atoms with Crippen molar-refractivity contribution < 1.29 is 9.47 Å². The summed E-state index contributed by atoms with van der Waals surface area (Å²) in [5.74, 6) is 0.949. The maximum Gasteiger partial charge on any atom is 0.194 e. The molecule has 2 atom stereocenters. The average molecular weight is 368 g/mol. The van der Waals surface area contributed by atoms with Crippen molar-refractivity contribution in [1.82, 2.24) is 15.2 Å². The van der Waals surface area contributed by atoms with Crippen LogP contribution in [0, 0.1) is 0 Å². The van der Waals surface area contributed by atoms with E-state index in [-0.39, 0.29) is 12.2 Å². The normalized spacial score (nSPS) is 23.7. The van der Waals surface area contributed by atoms with Gasteiger partial charge in [-0.2, -0.15) is 0 Å². The van der Waals surface area contributed by atoms with Crippen LogP contribution in [0.1, 0.15) is 25.3 Å². The summed E-state index contributed by atoms with van der Waals surface area (Å²) in [5.41, 5.74) is 2.21. The molecule has 2 saturated heterocycles. The van der Waals surface area contributed by atoms with Gasteiger partial charge in [0.15, 0.2) is 5.96 Å². The SMILES string of the molecule is CCNC(=NCc1ccnc2ccccc12)N1CCOC(C2CCCO2)C1. The fraction of sp³-hybridized carbons (Fsp3) is 0.524. The first kappa shape index (κ1) is 18.2. The highest BCUT2D eigenvalue weighted by atomic mass is 16.5. The van der Waals surface area contributed by atoms with E-state index in [4.69, 9.17) is 14.5 Å². The molecule has 1 aromatic carbocycles. The number of nitrogens with one attached hydrogen (secondary N) is 1. The summed E-state index contributed by atoms with van der Waals surface area (Å²) in [6.45, 7) is 6.83. The molecule has 0 radical (unpaired) electrons. The van der Waals surface area contributed by atoms with Crippen molar-refractivity contribution in [3.8, 4) is 0 Å². The number of nitrogens with zero attached hydrogens (tertiary/aromatic N) is 3. The van der Waals surface area contributed by atoms with Crippen molar-refractivity contribution in [2.24, 2.45) is 4.99 Å². The Morgan fingerprint density at radius 1 is 1.22 bits per heavy atom. The lowest BCUT2D eigenvalue weighted by Gasteiger charge is -2.37. The molecular formula is C21H28N4O2. The van der Waals surface area contributed by atoms with E-state index in [2.05, 4.69) is 40.3 Å². The molecule has 4 rings (SSSR count). The van der Waals surface area contributed by atoms with Crippen LogP contribution in [-0.4, -0.2) is 60.9 Å². The number of guanidine groups is 1. The number of hydrogen-bond acceptors (Lipinski definition) is 4. The highest BCUT2D eigenvalue weighted by Crippen LogP contribution is 2.21. The second-order valence-corrected chi connectivity index (χ2v) is 7.06. The van der Waals surface area contributed by atoms with E-state index >= 15 is 0 Å². The van der Waals surface area contributed by atoms with E-state index < -0.39 is 0 Å². The Hall–Kier alpha value is -2.18. The van der Waals surface area contributed by atoms with Gasteiger partial charge in [0.05, 0.1) is 24.8 Å². The Balaban J connectivity index is 1.51. The summed E-state index contributed by atoms with van der Waals surface area (Å²) < 4.78 is 11.8. The molecule has 3 heterocycles. The number of rotatable bonds is 4. The van der Waals surface area contributed by atoms with E-state index in [1.807, 2.05) is 18.3 Å². The molecule has 27 heavy (non-hydrogen) atoms. The monoisotopic (exact) mass is 368 g/mol. The van der Waals surface area contributed by atoms with Crippen LogP contribution in [0.3, 0.4) is 0 Å². The van der Waals surface area contributed by atoms with Crippen LogP contribution >= 0.6 is 0 Å². The van der Waals surface area contributed by atoms with Crippen molar-refractivity contribution in [1.29, 1.82) is 0 Å². The van der Waals surface area contributed by atoms with Crippen LogP contribution in [-0.2, 0) is 16.0 Å². The third-order valence-electron chi connectivity index (χ3n) is 5.25. The maximum atomic E-state index is 5.98. The molecule has 2 aliphatic rings. The van der Waals surface area contributed by atoms with E-state index in [1.54, 1.807) is 0 Å². The first-order valence-corrected chi connectivity index (χ1v) is 9.94. The number of benzene rings is 1. The number of aromatic nitrogens is 1. The van der Waals surface area contributed by atoms with Crippen molar-refractivity contribution in [3.63, 3.8) is 0 Å². The molecule has 0 saturated carbocycles. The summed E-state index contributed by atoms with van der Waals surface area (Å²) in [7, 11) is 0. The van der Waals surface area contributed by atoms with Crippen LogP contribution < -0.4 is 5.32 Å². The number of para-hydroxylation sites is 1. The van der Waals surface area contributed by atoms with Crippen LogP contribution in [0.2, 0.25) is 0 Å². The summed E-state index contributed by atoms with van der Waals surface area (Å²) >= 11 is 0. The zero-order valence-electron chi connectivity index (χ0n) is 15.9. The van der Waals surface area contributed by atoms with Crippen molar-refractivity contribution in [2.75, 3.05) is 32.8 Å². The lowest BCUT2D eigenvalue weighted by molar-refractivity contribution is -0.0817. The van der Waals surface area contributed by atoms with Crippen LogP contribution in [0.25, 0.3) is 10.9 Å². The van der Waals surface area contributed by atoms with Crippen LogP contribution in [0.15, 0.2) is 41.5 Å². The van der Waals surface area contributed by atoms with E-state index in [9.17, 15) is 0 Å². The number of pyridine rings is 1. The number of fused-ring (bicyclic) bond motifs is 1. The summed E-state index contributed by atoms with van der Waals surface area (Å²) in [4.78, 5) is 11.7. The maximum absolute atomic E-state index is 5.98. The molecule has 0 aliphatic carbocycles. The third-order valence-corrected chi connectivity index (χ3v) is 5.25. The van der Waals surface area contributed by atoms with Gasteiger partial charge >= 0.3 is 0 Å². The standard InChI is InChI=1S/C21H28N4O2/c1-2-22-21(25-11-13-27-20(15-25)19-8-5-12-26-19)24-14-16-9-10-23-18-7-4-3-6-17(16)18/h3-4,6-7,9-10,19-20H,2,5,8,11-15H2,1H3,(H,22,24). The molecule has 0 amide bonds. The third kappa shape index (κ3) is 4.22. The minimum atomic E-state index is 0.131. The zero-order chi connectivity index (χ0) is 18.5. The Labute approximate surface area is 160 Å². The highest BCUT2D eigenvalue weighted by molar-refractivity contribution is 5.83. The van der Waals surface area contributed by atoms with Crippen molar-refractivity contribution in [3.05, 3.63) is 42.1 Å². The lowest BCUT2D eigenvalue weighted by Crippen LogP contribution is -2.53. The average Bonchev–Trinajstić information content (AvgIpc) is 3.26. The lowest BCUT2D eigenvalue weighted by atomic mass is 10.1. The molecule has 0 spiro atoms. The largest absolute Gasteiger partial charge is 0.375 e. The predicted molar refractivity (Wildman–Crippen MR) is 107 cm³/mol. The minimum Gasteiger partial charge on any atom is -0.375 e. The molecule has 6 nitrogen and oxygen atoms in total. The van der Waals surface area contributed by atoms with Gasteiger partial charge in [0.1, 0.15) is 6.10 Å². The quantitative estimate of drug-likeness (QED) is 0.664. The van der Waals surface area contributed by atoms with E-state index in [0.29, 0.717) is 13.2 Å². The van der Waals surface area contributed by atoms with Gasteiger partial charge < -0.3 is 19.7 Å². The van der Waals surface area contributed by atoms with E-state index in [0.717, 1.165) is 50.6 Å². The molecule has 0 bridgehead atoms. The molecule has 1 N–H and O–H groups in total. The number of morpholine rings is 1. The van der Waals surface area contributed by atoms with Gasteiger partial charge in [0.2, 0.25) is 0 Å². The zero-order valence-corrected chi connectivity index (χ0v) is 15.9. The van der Waals surface area contributed by atoms with Crippen molar-refractivity contribution in [2.45, 2.75) is 38.5 Å². The Morgan fingerprint density at radius 3 is 2.96 bits per heavy atom. The molecule has 2 aromatic rings. The van der Waals surface area contributed by atoms with Gasteiger partial charge in [-0.1, -0.05) is 18.2 Å². The number of aliphatic imine (C=N–C) groups is 1. The van der Waals surface area contributed by atoms with E-state index in [1.165, 1.54) is 10.9 Å². The van der Waals surface area contributed by atoms with Gasteiger partial charge in [-0.3, -0.25) is 4.98 Å².